The van der Waals surface area contributed by atoms with E-state index < -0.39 is 0 Å². The van der Waals surface area contributed by atoms with Crippen LogP contribution in [0.5, 0.6) is 11.5 Å². The molecule has 6 nitrogen and oxygen atoms in total. The molecule has 0 unspecified atom stereocenters. The van der Waals surface area contributed by atoms with Crippen molar-refractivity contribution in [3.63, 3.8) is 0 Å². The highest BCUT2D eigenvalue weighted by molar-refractivity contribution is 7.98. The molecule has 172 valence electrons. The maximum absolute atomic E-state index is 14.4. The summed E-state index contributed by atoms with van der Waals surface area (Å²) < 4.78 is 27.4. The van der Waals surface area contributed by atoms with E-state index in [9.17, 15) is 4.39 Å². The van der Waals surface area contributed by atoms with E-state index in [1.807, 2.05) is 34.2 Å². The first-order chi connectivity index (χ1) is 16.0. The fraction of sp³-hybridized carbons (Fsp3) is 0.292. The van der Waals surface area contributed by atoms with Crippen LogP contribution in [-0.4, -0.2) is 34.0 Å². The predicted octanol–water partition coefficient (Wildman–Crippen LogP) is 6.17. The number of halogens is 1. The van der Waals surface area contributed by atoms with Gasteiger partial charge in [0.1, 0.15) is 10.8 Å². The van der Waals surface area contributed by atoms with Crippen molar-refractivity contribution in [1.29, 1.82) is 0 Å². The van der Waals surface area contributed by atoms with Crippen molar-refractivity contribution in [3.8, 4) is 33.5 Å². The number of thioether (sulfide) groups is 1. The second-order valence-electron chi connectivity index (χ2n) is 7.76. The van der Waals surface area contributed by atoms with Gasteiger partial charge in [-0.25, -0.2) is 9.37 Å². The lowest BCUT2D eigenvalue weighted by Gasteiger charge is -2.12. The number of thiazole rings is 1. The third-order valence-corrected chi connectivity index (χ3v) is 6.84. The number of para-hydroxylation sites is 1. The number of nitrogens with zero attached hydrogens (tertiary/aromatic N) is 4. The van der Waals surface area contributed by atoms with Crippen molar-refractivity contribution < 1.29 is 13.9 Å². The standard InChI is InChI=1S/C24H25FN4O2S2/c1-15(2)12-29-22(17-8-5-6-10-19(17)25)27-28-24(29)33-14-16-13-32-23(26-16)18-9-7-11-20(30-3)21(18)31-4/h5-11,13,15H,12,14H2,1-4H3. The van der Waals surface area contributed by atoms with Gasteiger partial charge in [0.15, 0.2) is 22.5 Å². The molecule has 0 N–H and O–H groups in total. The quantitative estimate of drug-likeness (QED) is 0.265. The van der Waals surface area contributed by atoms with Gasteiger partial charge in [0.25, 0.3) is 0 Å². The van der Waals surface area contributed by atoms with Crippen LogP contribution in [0.3, 0.4) is 0 Å². The van der Waals surface area contributed by atoms with E-state index in [2.05, 4.69) is 24.0 Å². The highest BCUT2D eigenvalue weighted by atomic mass is 32.2. The molecule has 0 bridgehead atoms. The zero-order valence-corrected chi connectivity index (χ0v) is 20.5. The zero-order valence-electron chi connectivity index (χ0n) is 18.9. The number of methoxy groups -OCH3 is 2. The topological polar surface area (TPSA) is 62.1 Å². The van der Waals surface area contributed by atoms with Gasteiger partial charge in [-0.1, -0.05) is 43.8 Å². The molecule has 0 aliphatic rings. The van der Waals surface area contributed by atoms with Gasteiger partial charge in [-0.05, 0) is 30.2 Å². The van der Waals surface area contributed by atoms with Crippen LogP contribution in [0.2, 0.25) is 0 Å². The molecule has 9 heteroatoms. The molecule has 0 radical (unpaired) electrons. The summed E-state index contributed by atoms with van der Waals surface area (Å²) >= 11 is 3.10. The fourth-order valence-electron chi connectivity index (χ4n) is 3.46. The average Bonchev–Trinajstić information content (AvgIpc) is 3.44. The van der Waals surface area contributed by atoms with E-state index in [1.165, 1.54) is 6.07 Å². The summed E-state index contributed by atoms with van der Waals surface area (Å²) in [5.74, 6) is 2.56. The Labute approximate surface area is 200 Å². The molecule has 0 atom stereocenters. The van der Waals surface area contributed by atoms with Crippen LogP contribution in [0.25, 0.3) is 22.0 Å². The molecule has 2 heterocycles. The average molecular weight is 485 g/mol. The second-order valence-corrected chi connectivity index (χ2v) is 9.56. The number of rotatable bonds is 9. The van der Waals surface area contributed by atoms with Crippen molar-refractivity contribution in [2.75, 3.05) is 14.2 Å². The summed E-state index contributed by atoms with van der Waals surface area (Å²) in [7, 11) is 3.24. The minimum absolute atomic E-state index is 0.303. The summed E-state index contributed by atoms with van der Waals surface area (Å²) in [6.07, 6.45) is 0. The number of hydrogen-bond acceptors (Lipinski definition) is 7. The SMILES string of the molecule is COc1cccc(-c2nc(CSc3nnc(-c4ccccc4F)n3CC(C)C)cs2)c1OC. The normalized spacial score (nSPS) is 11.2. The maximum Gasteiger partial charge on any atom is 0.191 e. The molecule has 0 fully saturated rings. The van der Waals surface area contributed by atoms with Crippen LogP contribution < -0.4 is 9.47 Å². The lowest BCUT2D eigenvalue weighted by molar-refractivity contribution is 0.356. The Hall–Kier alpha value is -2.91. The first-order valence-electron chi connectivity index (χ1n) is 10.5. The molecule has 2 aromatic heterocycles. The Balaban J connectivity index is 1.58. The lowest BCUT2D eigenvalue weighted by Crippen LogP contribution is -2.08. The third kappa shape index (κ3) is 5.04. The third-order valence-electron chi connectivity index (χ3n) is 4.91. The Morgan fingerprint density at radius 1 is 1.03 bits per heavy atom. The van der Waals surface area contributed by atoms with E-state index in [-0.39, 0.29) is 5.82 Å². The van der Waals surface area contributed by atoms with Gasteiger partial charge in [0.05, 0.1) is 31.0 Å². The van der Waals surface area contributed by atoms with Crippen LogP contribution >= 0.6 is 23.1 Å². The first kappa shape index (κ1) is 23.3. The van der Waals surface area contributed by atoms with Gasteiger partial charge in [0, 0.05) is 17.7 Å². The Bertz CT molecular complexity index is 1240. The highest BCUT2D eigenvalue weighted by Gasteiger charge is 2.19. The van der Waals surface area contributed by atoms with Crippen molar-refractivity contribution in [1.82, 2.24) is 19.7 Å². The van der Waals surface area contributed by atoms with Crippen LogP contribution in [-0.2, 0) is 12.3 Å². The predicted molar refractivity (Wildman–Crippen MR) is 130 cm³/mol. The molecule has 4 aromatic rings. The summed E-state index contributed by atoms with van der Waals surface area (Å²) in [6, 6.07) is 12.4. The van der Waals surface area contributed by atoms with Gasteiger partial charge >= 0.3 is 0 Å². The van der Waals surface area contributed by atoms with Gasteiger partial charge in [-0.15, -0.1) is 21.5 Å². The molecule has 0 aliphatic heterocycles. The van der Waals surface area contributed by atoms with Crippen LogP contribution in [0, 0.1) is 11.7 Å². The summed E-state index contributed by atoms with van der Waals surface area (Å²) in [4.78, 5) is 4.79. The Morgan fingerprint density at radius 2 is 1.82 bits per heavy atom. The van der Waals surface area contributed by atoms with E-state index in [0.29, 0.717) is 41.1 Å². The Morgan fingerprint density at radius 3 is 2.55 bits per heavy atom. The minimum Gasteiger partial charge on any atom is -0.493 e. The van der Waals surface area contributed by atoms with Crippen LogP contribution in [0.15, 0.2) is 53.0 Å². The largest absolute Gasteiger partial charge is 0.493 e. The van der Waals surface area contributed by atoms with Crippen molar-refractivity contribution in [3.05, 3.63) is 59.4 Å². The molecule has 0 amide bonds. The number of benzene rings is 2. The minimum atomic E-state index is -0.303. The second kappa shape index (κ2) is 10.4. The molecule has 0 spiro atoms. The van der Waals surface area contributed by atoms with Gasteiger partial charge in [-0.3, -0.25) is 0 Å². The first-order valence-corrected chi connectivity index (χ1v) is 12.3. The molecule has 4 rings (SSSR count). The summed E-state index contributed by atoms with van der Waals surface area (Å²) in [6.45, 7) is 4.93. The Kier molecular flexibility index (Phi) is 7.29. The number of hydrogen-bond donors (Lipinski definition) is 0. The molecule has 0 saturated heterocycles. The number of ether oxygens (including phenoxy) is 2. The van der Waals surface area contributed by atoms with Gasteiger partial charge in [0.2, 0.25) is 0 Å². The van der Waals surface area contributed by atoms with E-state index in [4.69, 9.17) is 14.5 Å². The maximum atomic E-state index is 14.4. The van der Waals surface area contributed by atoms with Crippen molar-refractivity contribution >= 4 is 23.1 Å². The van der Waals surface area contributed by atoms with Gasteiger partial charge < -0.3 is 14.0 Å². The smallest absolute Gasteiger partial charge is 0.191 e. The molecule has 2 aromatic carbocycles. The van der Waals surface area contributed by atoms with E-state index in [0.717, 1.165) is 21.4 Å². The summed E-state index contributed by atoms with van der Waals surface area (Å²) in [5.41, 5.74) is 2.28. The molecular formula is C24H25FN4O2S2. The van der Waals surface area contributed by atoms with Crippen LogP contribution in [0.1, 0.15) is 19.5 Å². The molecule has 0 aliphatic carbocycles. The summed E-state index contributed by atoms with van der Waals surface area (Å²) in [5, 5.41) is 12.3. The van der Waals surface area contributed by atoms with E-state index >= 15 is 0 Å². The van der Waals surface area contributed by atoms with Crippen LogP contribution in [0.4, 0.5) is 4.39 Å². The zero-order chi connectivity index (χ0) is 23.4. The monoisotopic (exact) mass is 484 g/mol. The fourth-order valence-corrected chi connectivity index (χ4v) is 5.25. The number of aromatic nitrogens is 4. The van der Waals surface area contributed by atoms with Crippen molar-refractivity contribution in [2.45, 2.75) is 31.3 Å². The highest BCUT2D eigenvalue weighted by Crippen LogP contribution is 2.39. The van der Waals surface area contributed by atoms with Gasteiger partial charge in [-0.2, -0.15) is 0 Å². The lowest BCUT2D eigenvalue weighted by atomic mass is 10.2. The molecule has 0 saturated carbocycles. The molecule has 33 heavy (non-hydrogen) atoms. The molecular weight excluding hydrogens is 459 g/mol. The van der Waals surface area contributed by atoms with Crippen molar-refractivity contribution in [2.24, 2.45) is 5.92 Å². The van der Waals surface area contributed by atoms with E-state index in [1.54, 1.807) is 49.5 Å².